The second-order valence-electron chi connectivity index (χ2n) is 5.77. The molecule has 1 unspecified atom stereocenters. The average molecular weight is 345 g/mol. The Morgan fingerprint density at radius 1 is 1.12 bits per heavy atom. The molecule has 0 saturated carbocycles. The highest BCUT2D eigenvalue weighted by Gasteiger charge is 2.30. The van der Waals surface area contributed by atoms with Crippen LogP contribution < -0.4 is 0 Å². The molecule has 2 aromatic rings. The maximum absolute atomic E-state index is 13.5. The van der Waals surface area contributed by atoms with E-state index in [1.54, 1.807) is 11.0 Å². The number of hydrogen-bond acceptors (Lipinski definition) is 3. The fourth-order valence-electron chi connectivity index (χ4n) is 3.09. The Hall–Kier alpha value is -2.56. The number of halogens is 1. The third kappa shape index (κ3) is 4.29. The molecule has 134 valence electrons. The summed E-state index contributed by atoms with van der Waals surface area (Å²) in [5.41, 5.74) is 0.905. The number of rotatable bonds is 2. The van der Waals surface area contributed by atoms with Gasteiger partial charge in [-0.3, -0.25) is 4.79 Å². The van der Waals surface area contributed by atoms with Gasteiger partial charge >= 0.3 is 0 Å². The van der Waals surface area contributed by atoms with Crippen molar-refractivity contribution in [3.8, 4) is 11.5 Å². The molecule has 1 heterocycles. The van der Waals surface area contributed by atoms with E-state index in [0.29, 0.717) is 6.54 Å². The molecule has 1 amide bonds. The number of amides is 1. The SMILES string of the molecule is CC.O=C(c1ccc(O)cc1O)N1CCCCC1c1cccc(F)c1. The minimum Gasteiger partial charge on any atom is -0.508 e. The van der Waals surface area contributed by atoms with Crippen molar-refractivity contribution in [3.05, 3.63) is 59.4 Å². The first-order valence-corrected chi connectivity index (χ1v) is 8.64. The lowest BCUT2D eigenvalue weighted by molar-refractivity contribution is 0.0608. The van der Waals surface area contributed by atoms with Crippen LogP contribution in [0.5, 0.6) is 11.5 Å². The van der Waals surface area contributed by atoms with E-state index in [1.165, 1.54) is 24.3 Å². The van der Waals surface area contributed by atoms with Crippen LogP contribution in [0.4, 0.5) is 4.39 Å². The van der Waals surface area contributed by atoms with Crippen LogP contribution in [0, 0.1) is 5.82 Å². The van der Waals surface area contributed by atoms with Crippen molar-refractivity contribution in [3.63, 3.8) is 0 Å². The van der Waals surface area contributed by atoms with E-state index in [2.05, 4.69) is 0 Å². The van der Waals surface area contributed by atoms with E-state index in [-0.39, 0.29) is 34.8 Å². The molecular weight excluding hydrogens is 321 g/mol. The molecule has 0 aromatic heterocycles. The van der Waals surface area contributed by atoms with Crippen LogP contribution in [0.15, 0.2) is 42.5 Å². The van der Waals surface area contributed by atoms with E-state index in [4.69, 9.17) is 0 Å². The van der Waals surface area contributed by atoms with Crippen LogP contribution in [0.3, 0.4) is 0 Å². The molecule has 0 bridgehead atoms. The number of phenols is 2. The Morgan fingerprint density at radius 2 is 1.88 bits per heavy atom. The monoisotopic (exact) mass is 345 g/mol. The fourth-order valence-corrected chi connectivity index (χ4v) is 3.09. The van der Waals surface area contributed by atoms with Crippen molar-refractivity contribution >= 4 is 5.91 Å². The number of carbonyl (C=O) groups excluding carboxylic acids is 1. The molecule has 2 N–H and O–H groups in total. The number of piperidine rings is 1. The van der Waals surface area contributed by atoms with Gasteiger partial charge < -0.3 is 15.1 Å². The summed E-state index contributed by atoms with van der Waals surface area (Å²) in [7, 11) is 0. The summed E-state index contributed by atoms with van der Waals surface area (Å²) < 4.78 is 13.5. The van der Waals surface area contributed by atoms with Gasteiger partial charge in [-0.05, 0) is 49.1 Å². The number of carbonyl (C=O) groups is 1. The van der Waals surface area contributed by atoms with Gasteiger partial charge in [0.05, 0.1) is 11.6 Å². The van der Waals surface area contributed by atoms with E-state index in [1.807, 2.05) is 19.9 Å². The van der Waals surface area contributed by atoms with Gasteiger partial charge in [0.2, 0.25) is 0 Å². The standard InChI is InChI=1S/C18H18FNO3.C2H6/c19-13-5-3-4-12(10-13)16-6-1-2-9-20(16)18(23)15-8-7-14(21)11-17(15)22;1-2/h3-5,7-8,10-11,16,21-22H,1-2,6,9H2;1-2H3. The van der Waals surface area contributed by atoms with Crippen molar-refractivity contribution in [1.29, 1.82) is 0 Å². The van der Waals surface area contributed by atoms with Crippen LogP contribution in [0.25, 0.3) is 0 Å². The highest BCUT2D eigenvalue weighted by atomic mass is 19.1. The zero-order valence-corrected chi connectivity index (χ0v) is 14.6. The van der Waals surface area contributed by atoms with Crippen molar-refractivity contribution in [1.82, 2.24) is 4.90 Å². The van der Waals surface area contributed by atoms with Gasteiger partial charge in [-0.25, -0.2) is 4.39 Å². The lowest BCUT2D eigenvalue weighted by atomic mass is 9.94. The van der Waals surface area contributed by atoms with Crippen LogP contribution in [-0.4, -0.2) is 27.6 Å². The Balaban J connectivity index is 0.00000109. The second kappa shape index (κ2) is 8.51. The van der Waals surface area contributed by atoms with Crippen LogP contribution in [0.1, 0.15) is 55.1 Å². The fraction of sp³-hybridized carbons (Fsp3) is 0.350. The summed E-state index contributed by atoms with van der Waals surface area (Å²) in [4.78, 5) is 14.5. The van der Waals surface area contributed by atoms with Crippen molar-refractivity contribution in [2.45, 2.75) is 39.2 Å². The van der Waals surface area contributed by atoms with Gasteiger partial charge in [-0.1, -0.05) is 26.0 Å². The molecule has 0 spiro atoms. The van der Waals surface area contributed by atoms with Gasteiger partial charge in [-0.15, -0.1) is 0 Å². The largest absolute Gasteiger partial charge is 0.508 e. The van der Waals surface area contributed by atoms with Crippen molar-refractivity contribution < 1.29 is 19.4 Å². The van der Waals surface area contributed by atoms with E-state index < -0.39 is 0 Å². The topological polar surface area (TPSA) is 60.8 Å². The number of nitrogens with zero attached hydrogens (tertiary/aromatic N) is 1. The second-order valence-corrected chi connectivity index (χ2v) is 5.77. The molecule has 1 atom stereocenters. The Bertz CT molecular complexity index is 733. The van der Waals surface area contributed by atoms with Crippen molar-refractivity contribution in [2.24, 2.45) is 0 Å². The zero-order valence-electron chi connectivity index (χ0n) is 14.6. The highest BCUT2D eigenvalue weighted by molar-refractivity contribution is 5.97. The third-order valence-corrected chi connectivity index (χ3v) is 4.21. The highest BCUT2D eigenvalue weighted by Crippen LogP contribution is 2.34. The first-order chi connectivity index (χ1) is 12.1. The van der Waals surface area contributed by atoms with Gasteiger partial charge in [0.15, 0.2) is 0 Å². The quantitative estimate of drug-likeness (QED) is 0.834. The maximum Gasteiger partial charge on any atom is 0.258 e. The molecule has 0 radical (unpaired) electrons. The first-order valence-electron chi connectivity index (χ1n) is 8.64. The molecule has 5 heteroatoms. The summed E-state index contributed by atoms with van der Waals surface area (Å²) in [5, 5.41) is 19.3. The van der Waals surface area contributed by atoms with Gasteiger partial charge in [0.1, 0.15) is 17.3 Å². The smallest absolute Gasteiger partial charge is 0.258 e. The predicted octanol–water partition coefficient (Wildman–Crippen LogP) is 4.63. The molecule has 3 rings (SSSR count). The summed E-state index contributed by atoms with van der Waals surface area (Å²) in [6.07, 6.45) is 2.59. The molecule has 0 aliphatic carbocycles. The lowest BCUT2D eigenvalue weighted by Gasteiger charge is -2.36. The summed E-state index contributed by atoms with van der Waals surface area (Å²) in [6.45, 7) is 4.56. The Kier molecular flexibility index (Phi) is 6.39. The Morgan fingerprint density at radius 3 is 2.56 bits per heavy atom. The van der Waals surface area contributed by atoms with E-state index in [0.717, 1.165) is 30.9 Å². The van der Waals surface area contributed by atoms with E-state index >= 15 is 0 Å². The molecule has 25 heavy (non-hydrogen) atoms. The first kappa shape index (κ1) is 18.8. The third-order valence-electron chi connectivity index (χ3n) is 4.21. The lowest BCUT2D eigenvalue weighted by Crippen LogP contribution is -2.38. The number of hydrogen-bond donors (Lipinski definition) is 2. The number of aromatic hydroxyl groups is 2. The minimum atomic E-state index is -0.326. The van der Waals surface area contributed by atoms with Crippen LogP contribution >= 0.6 is 0 Å². The molecule has 1 saturated heterocycles. The van der Waals surface area contributed by atoms with E-state index in [9.17, 15) is 19.4 Å². The molecule has 2 aromatic carbocycles. The maximum atomic E-state index is 13.5. The summed E-state index contributed by atoms with van der Waals surface area (Å²) in [6, 6.07) is 10.0. The summed E-state index contributed by atoms with van der Waals surface area (Å²) >= 11 is 0. The normalized spacial score (nSPS) is 16.8. The number of likely N-dealkylation sites (tertiary alicyclic amines) is 1. The predicted molar refractivity (Wildman–Crippen MR) is 95.1 cm³/mol. The van der Waals surface area contributed by atoms with Gasteiger partial charge in [0.25, 0.3) is 5.91 Å². The average Bonchev–Trinajstić information content (AvgIpc) is 2.63. The number of benzene rings is 2. The van der Waals surface area contributed by atoms with Gasteiger partial charge in [-0.2, -0.15) is 0 Å². The molecular formula is C20H24FNO3. The molecule has 1 aliphatic rings. The number of phenolic OH excluding ortho intramolecular Hbond substituents is 2. The minimum absolute atomic E-state index is 0.0978. The zero-order chi connectivity index (χ0) is 18.4. The summed E-state index contributed by atoms with van der Waals surface area (Å²) in [5.74, 6) is -0.984. The molecule has 1 fully saturated rings. The van der Waals surface area contributed by atoms with Crippen molar-refractivity contribution in [2.75, 3.05) is 6.54 Å². The van der Waals surface area contributed by atoms with Gasteiger partial charge in [0, 0.05) is 12.6 Å². The molecule has 4 nitrogen and oxygen atoms in total. The molecule has 1 aliphatic heterocycles. The van der Waals surface area contributed by atoms with Crippen LogP contribution in [-0.2, 0) is 0 Å². The Labute approximate surface area is 147 Å². The van der Waals surface area contributed by atoms with Crippen LogP contribution in [0.2, 0.25) is 0 Å².